The maximum atomic E-state index is 11.9. The van der Waals surface area contributed by atoms with Crippen molar-refractivity contribution in [1.82, 2.24) is 0 Å². The molecule has 176 valence electrons. The molecule has 4 unspecified atom stereocenters. The number of hydrogen-bond donors (Lipinski definition) is 1. The van der Waals surface area contributed by atoms with Crippen molar-refractivity contribution in [2.75, 3.05) is 13.2 Å². The number of hydrogen-bond acceptors (Lipinski definition) is 4. The molecule has 2 fully saturated rings. The average molecular weight is 425 g/mol. The van der Waals surface area contributed by atoms with Gasteiger partial charge in [0.25, 0.3) is 0 Å². The summed E-state index contributed by atoms with van der Waals surface area (Å²) in [7, 11) is 0. The molecule has 2 rings (SSSR count). The van der Waals surface area contributed by atoms with Crippen LogP contribution >= 0.6 is 0 Å². The molecular formula is C26H48O4. The summed E-state index contributed by atoms with van der Waals surface area (Å²) in [6.07, 6.45) is 19.5. The van der Waals surface area contributed by atoms with Gasteiger partial charge >= 0.3 is 5.97 Å². The van der Waals surface area contributed by atoms with Crippen LogP contribution in [0.3, 0.4) is 0 Å². The highest BCUT2D eigenvalue weighted by molar-refractivity contribution is 5.69. The van der Waals surface area contributed by atoms with E-state index in [2.05, 4.69) is 13.8 Å². The zero-order valence-electron chi connectivity index (χ0n) is 19.8. The Morgan fingerprint density at radius 1 is 0.867 bits per heavy atom. The maximum absolute atomic E-state index is 11.9. The van der Waals surface area contributed by atoms with Gasteiger partial charge in [-0.05, 0) is 62.7 Å². The second kappa shape index (κ2) is 15.2. The Labute approximate surface area is 185 Å². The van der Waals surface area contributed by atoms with E-state index in [9.17, 15) is 4.79 Å². The molecule has 0 spiro atoms. The van der Waals surface area contributed by atoms with Crippen molar-refractivity contribution in [2.24, 2.45) is 17.8 Å². The molecule has 4 atom stereocenters. The lowest BCUT2D eigenvalue weighted by molar-refractivity contribution is -0.151. The van der Waals surface area contributed by atoms with Crippen molar-refractivity contribution < 1.29 is 19.4 Å². The summed E-state index contributed by atoms with van der Waals surface area (Å²) in [5.74, 6) is 1.88. The van der Waals surface area contributed by atoms with Gasteiger partial charge in [0.05, 0.1) is 12.7 Å². The van der Waals surface area contributed by atoms with Gasteiger partial charge in [-0.2, -0.15) is 0 Å². The van der Waals surface area contributed by atoms with E-state index in [0.717, 1.165) is 38.2 Å². The predicted octanol–water partition coefficient (Wildman–Crippen LogP) is 6.43. The topological polar surface area (TPSA) is 59.1 Å². The number of carbonyl (C=O) groups excluding carboxylic acids is 1. The minimum absolute atomic E-state index is 0.0184. The SMILES string of the molecule is CC(C)C(CCCCCCC(CCCCCCCO)C1CO1)C1CCCCC(=O)O1. The van der Waals surface area contributed by atoms with Crippen LogP contribution in [0.15, 0.2) is 0 Å². The van der Waals surface area contributed by atoms with Crippen LogP contribution in [0.5, 0.6) is 0 Å². The summed E-state index contributed by atoms with van der Waals surface area (Å²) in [5.41, 5.74) is 0. The standard InChI is InChI=1S/C26H48O4/c1-21(2)23(24-17-11-12-18-26(28)30-24)16-10-6-5-9-15-22(25-20-29-25)14-8-4-3-7-13-19-27/h21-25,27H,3-20H2,1-2H3. The average Bonchev–Trinajstić information content (AvgIpc) is 3.56. The smallest absolute Gasteiger partial charge is 0.306 e. The molecule has 4 nitrogen and oxygen atoms in total. The van der Waals surface area contributed by atoms with Crippen LogP contribution in [0.1, 0.15) is 117 Å². The van der Waals surface area contributed by atoms with E-state index in [4.69, 9.17) is 14.6 Å². The molecule has 2 aliphatic rings. The minimum atomic E-state index is 0.0184. The third kappa shape index (κ3) is 10.6. The highest BCUT2D eigenvalue weighted by Gasteiger charge is 2.32. The molecule has 0 bridgehead atoms. The summed E-state index contributed by atoms with van der Waals surface area (Å²) < 4.78 is 11.4. The zero-order valence-corrected chi connectivity index (χ0v) is 19.8. The molecule has 2 aliphatic heterocycles. The maximum Gasteiger partial charge on any atom is 0.306 e. The first kappa shape index (κ1) is 25.6. The van der Waals surface area contributed by atoms with Crippen molar-refractivity contribution in [2.45, 2.75) is 129 Å². The monoisotopic (exact) mass is 424 g/mol. The lowest BCUT2D eigenvalue weighted by atomic mass is 9.83. The van der Waals surface area contributed by atoms with Gasteiger partial charge in [-0.15, -0.1) is 0 Å². The number of esters is 1. The molecule has 0 aromatic rings. The molecule has 0 radical (unpaired) electrons. The second-order valence-electron chi connectivity index (χ2n) is 10.1. The van der Waals surface area contributed by atoms with Gasteiger partial charge in [-0.3, -0.25) is 4.79 Å². The summed E-state index contributed by atoms with van der Waals surface area (Å²) in [4.78, 5) is 11.9. The zero-order chi connectivity index (χ0) is 21.6. The fourth-order valence-electron chi connectivity index (χ4n) is 5.18. The lowest BCUT2D eigenvalue weighted by Crippen LogP contribution is -2.29. The van der Waals surface area contributed by atoms with Crippen LogP contribution < -0.4 is 0 Å². The minimum Gasteiger partial charge on any atom is -0.462 e. The van der Waals surface area contributed by atoms with Crippen molar-refractivity contribution in [1.29, 1.82) is 0 Å². The molecule has 0 amide bonds. The van der Waals surface area contributed by atoms with Crippen molar-refractivity contribution in [3.05, 3.63) is 0 Å². The molecular weight excluding hydrogens is 376 g/mol. The van der Waals surface area contributed by atoms with Gasteiger partial charge in [0.2, 0.25) is 0 Å². The van der Waals surface area contributed by atoms with E-state index in [1.165, 1.54) is 70.6 Å². The van der Waals surface area contributed by atoms with E-state index < -0.39 is 0 Å². The van der Waals surface area contributed by atoms with Crippen LogP contribution in [0.2, 0.25) is 0 Å². The van der Waals surface area contributed by atoms with E-state index in [1.807, 2.05) is 0 Å². The summed E-state index contributed by atoms with van der Waals surface area (Å²) >= 11 is 0. The van der Waals surface area contributed by atoms with Crippen molar-refractivity contribution >= 4 is 5.97 Å². The van der Waals surface area contributed by atoms with Gasteiger partial charge in [0, 0.05) is 13.0 Å². The van der Waals surface area contributed by atoms with Crippen molar-refractivity contribution in [3.63, 3.8) is 0 Å². The number of cyclic esters (lactones) is 1. The highest BCUT2D eigenvalue weighted by atomic mass is 16.6. The third-order valence-corrected chi connectivity index (χ3v) is 7.22. The number of unbranched alkanes of at least 4 members (excludes halogenated alkanes) is 7. The van der Waals surface area contributed by atoms with Gasteiger partial charge in [0.1, 0.15) is 6.10 Å². The number of epoxide rings is 1. The number of rotatable bonds is 17. The Balaban J connectivity index is 1.56. The Morgan fingerprint density at radius 2 is 1.47 bits per heavy atom. The molecule has 0 aromatic heterocycles. The van der Waals surface area contributed by atoms with E-state index in [-0.39, 0.29) is 12.1 Å². The number of aliphatic hydroxyl groups excluding tert-OH is 1. The summed E-state index contributed by atoms with van der Waals surface area (Å²) in [6.45, 7) is 5.88. The lowest BCUT2D eigenvalue weighted by Gasteiger charge is -2.29. The van der Waals surface area contributed by atoms with Crippen LogP contribution in [0.25, 0.3) is 0 Å². The van der Waals surface area contributed by atoms with Crippen LogP contribution in [0.4, 0.5) is 0 Å². The Hall–Kier alpha value is -0.610. The van der Waals surface area contributed by atoms with E-state index >= 15 is 0 Å². The molecule has 0 saturated carbocycles. The second-order valence-corrected chi connectivity index (χ2v) is 10.1. The Bertz CT molecular complexity index is 446. The third-order valence-electron chi connectivity index (χ3n) is 7.22. The number of aliphatic hydroxyl groups is 1. The molecule has 0 aromatic carbocycles. The van der Waals surface area contributed by atoms with Gasteiger partial charge in [0.15, 0.2) is 0 Å². The van der Waals surface area contributed by atoms with Gasteiger partial charge in [-0.1, -0.05) is 65.2 Å². The molecule has 2 saturated heterocycles. The van der Waals surface area contributed by atoms with Crippen LogP contribution in [0, 0.1) is 17.8 Å². The Morgan fingerprint density at radius 3 is 2.07 bits per heavy atom. The summed E-state index contributed by atoms with van der Waals surface area (Å²) in [5, 5.41) is 8.86. The largest absolute Gasteiger partial charge is 0.462 e. The van der Waals surface area contributed by atoms with Gasteiger partial charge < -0.3 is 14.6 Å². The first-order valence-electron chi connectivity index (χ1n) is 13.0. The quantitative estimate of drug-likeness (QED) is 0.166. The van der Waals surface area contributed by atoms with Gasteiger partial charge in [-0.25, -0.2) is 0 Å². The Kier molecular flexibility index (Phi) is 13.0. The molecule has 0 aliphatic carbocycles. The normalized spacial score (nSPS) is 23.8. The first-order valence-corrected chi connectivity index (χ1v) is 13.0. The molecule has 1 N–H and O–H groups in total. The van der Waals surface area contributed by atoms with E-state index in [0.29, 0.717) is 31.0 Å². The molecule has 2 heterocycles. The fraction of sp³-hybridized carbons (Fsp3) is 0.962. The van der Waals surface area contributed by atoms with E-state index in [1.54, 1.807) is 0 Å². The first-order chi connectivity index (χ1) is 14.6. The molecule has 30 heavy (non-hydrogen) atoms. The fourth-order valence-corrected chi connectivity index (χ4v) is 5.18. The van der Waals surface area contributed by atoms with Crippen LogP contribution in [-0.2, 0) is 14.3 Å². The summed E-state index contributed by atoms with van der Waals surface area (Å²) in [6, 6.07) is 0. The highest BCUT2D eigenvalue weighted by Crippen LogP contribution is 2.32. The number of carbonyl (C=O) groups is 1. The predicted molar refractivity (Wildman–Crippen MR) is 122 cm³/mol. The molecule has 4 heteroatoms. The van der Waals surface area contributed by atoms with Crippen LogP contribution in [-0.4, -0.2) is 36.5 Å². The van der Waals surface area contributed by atoms with Crippen molar-refractivity contribution in [3.8, 4) is 0 Å². The number of ether oxygens (including phenoxy) is 2.